The number of hydrogen-bond donors (Lipinski definition) is 0. The summed E-state index contributed by atoms with van der Waals surface area (Å²) in [4.78, 5) is 25.1. The van der Waals surface area contributed by atoms with Gasteiger partial charge in [0.05, 0.1) is 11.4 Å². The molecule has 1 amide bonds. The van der Waals surface area contributed by atoms with Crippen LogP contribution in [0.4, 0.5) is 5.69 Å². The van der Waals surface area contributed by atoms with Crippen molar-refractivity contribution in [3.8, 4) is 0 Å². The number of ketones is 1. The third kappa shape index (κ3) is 5.79. The Balaban J connectivity index is 1.70. The Kier molecular flexibility index (Phi) is 8.52. The quantitative estimate of drug-likeness (QED) is 0.366. The number of benzene rings is 1. The molecule has 0 aromatic heterocycles. The summed E-state index contributed by atoms with van der Waals surface area (Å²) < 4.78 is 0. The van der Waals surface area contributed by atoms with Gasteiger partial charge < -0.3 is 0 Å². The van der Waals surface area contributed by atoms with Gasteiger partial charge in [-0.2, -0.15) is 10.1 Å². The van der Waals surface area contributed by atoms with E-state index in [0.717, 1.165) is 18.5 Å². The van der Waals surface area contributed by atoms with Gasteiger partial charge in [-0.25, -0.2) is 0 Å². The number of unbranched alkanes of at least 4 members (excludes halogenated alkanes) is 8. The highest BCUT2D eigenvalue weighted by Gasteiger charge is 2.38. The molecule has 0 fully saturated rings. The van der Waals surface area contributed by atoms with Crippen LogP contribution in [-0.4, -0.2) is 17.4 Å². The number of carbonyl (C=O) groups excluding carboxylic acids is 2. The number of nitrogens with zero attached hydrogens (tertiary/aromatic N) is 2. The summed E-state index contributed by atoms with van der Waals surface area (Å²) in [5, 5.41) is 5.68. The summed E-state index contributed by atoms with van der Waals surface area (Å²) in [6, 6.07) is 9.30. The molecule has 0 saturated carbocycles. The van der Waals surface area contributed by atoms with Crippen molar-refractivity contribution >= 4 is 23.1 Å². The minimum atomic E-state index is -0.691. The molecule has 1 unspecified atom stereocenters. The van der Waals surface area contributed by atoms with Gasteiger partial charge in [0.15, 0.2) is 5.78 Å². The van der Waals surface area contributed by atoms with Crippen LogP contribution in [0.5, 0.6) is 0 Å². The molecular formula is C22H32N2O2. The molecule has 1 aromatic rings. The number of hydrogen-bond acceptors (Lipinski definition) is 3. The van der Waals surface area contributed by atoms with Crippen LogP contribution in [0.1, 0.15) is 78.1 Å². The topological polar surface area (TPSA) is 49.7 Å². The fourth-order valence-electron chi connectivity index (χ4n) is 3.44. The van der Waals surface area contributed by atoms with Crippen LogP contribution in [0.3, 0.4) is 0 Å². The van der Waals surface area contributed by atoms with E-state index in [2.05, 4.69) is 12.0 Å². The third-order valence-corrected chi connectivity index (χ3v) is 4.98. The Labute approximate surface area is 157 Å². The van der Waals surface area contributed by atoms with Crippen LogP contribution >= 0.6 is 0 Å². The lowest BCUT2D eigenvalue weighted by Gasteiger charge is -2.13. The van der Waals surface area contributed by atoms with Crippen LogP contribution in [-0.2, 0) is 9.59 Å². The van der Waals surface area contributed by atoms with E-state index in [4.69, 9.17) is 0 Å². The average Bonchev–Trinajstić information content (AvgIpc) is 2.95. The molecule has 142 valence electrons. The Morgan fingerprint density at radius 3 is 2.15 bits per heavy atom. The molecule has 1 aromatic carbocycles. The molecular weight excluding hydrogens is 324 g/mol. The zero-order chi connectivity index (χ0) is 18.8. The van der Waals surface area contributed by atoms with Crippen molar-refractivity contribution in [2.24, 2.45) is 11.0 Å². The minimum absolute atomic E-state index is 0.0117. The minimum Gasteiger partial charge on any atom is -0.298 e. The van der Waals surface area contributed by atoms with Crippen LogP contribution < -0.4 is 5.01 Å². The lowest BCUT2D eigenvalue weighted by molar-refractivity contribution is -0.129. The van der Waals surface area contributed by atoms with Gasteiger partial charge in [-0.15, -0.1) is 0 Å². The van der Waals surface area contributed by atoms with E-state index in [9.17, 15) is 9.59 Å². The van der Waals surface area contributed by atoms with Crippen LogP contribution in [0.15, 0.2) is 35.4 Å². The third-order valence-electron chi connectivity index (χ3n) is 4.98. The molecule has 1 heterocycles. The van der Waals surface area contributed by atoms with E-state index in [0.29, 0.717) is 12.1 Å². The number of hydrazone groups is 1. The van der Waals surface area contributed by atoms with Crippen LogP contribution in [0.25, 0.3) is 0 Å². The maximum Gasteiger partial charge on any atom is 0.263 e. The molecule has 1 aliphatic rings. The fraction of sp³-hybridized carbons (Fsp3) is 0.591. The van der Waals surface area contributed by atoms with Gasteiger partial charge in [0.2, 0.25) is 0 Å². The van der Waals surface area contributed by atoms with Crippen molar-refractivity contribution in [3.05, 3.63) is 30.3 Å². The SMILES string of the molecule is CCCCCCCCCCCC(=O)C1C(=O)N(c2ccccc2)N=C1C. The second-order valence-corrected chi connectivity index (χ2v) is 7.20. The molecule has 1 aliphatic heterocycles. The Bertz CT molecular complexity index is 610. The summed E-state index contributed by atoms with van der Waals surface area (Å²) in [5.41, 5.74) is 1.33. The fourth-order valence-corrected chi connectivity index (χ4v) is 3.44. The van der Waals surface area contributed by atoms with Crippen LogP contribution in [0, 0.1) is 5.92 Å². The van der Waals surface area contributed by atoms with Crippen molar-refractivity contribution < 1.29 is 9.59 Å². The van der Waals surface area contributed by atoms with Gasteiger partial charge in [-0.1, -0.05) is 76.5 Å². The van der Waals surface area contributed by atoms with Crippen molar-refractivity contribution in [1.82, 2.24) is 0 Å². The zero-order valence-corrected chi connectivity index (χ0v) is 16.2. The van der Waals surface area contributed by atoms with Gasteiger partial charge in [0.1, 0.15) is 5.92 Å². The number of rotatable bonds is 12. The second-order valence-electron chi connectivity index (χ2n) is 7.20. The second kappa shape index (κ2) is 10.9. The maximum atomic E-state index is 12.6. The molecule has 26 heavy (non-hydrogen) atoms. The number of Topliss-reactive ketones (excluding diaryl/α,β-unsaturated/α-hetero) is 1. The summed E-state index contributed by atoms with van der Waals surface area (Å²) in [6.07, 6.45) is 11.4. The molecule has 0 saturated heterocycles. The summed E-state index contributed by atoms with van der Waals surface area (Å²) in [6.45, 7) is 4.01. The average molecular weight is 357 g/mol. The first-order chi connectivity index (χ1) is 12.6. The molecule has 0 bridgehead atoms. The van der Waals surface area contributed by atoms with Gasteiger partial charge in [0.25, 0.3) is 5.91 Å². The first-order valence-electron chi connectivity index (χ1n) is 10.1. The van der Waals surface area contributed by atoms with Crippen LogP contribution in [0.2, 0.25) is 0 Å². The zero-order valence-electron chi connectivity index (χ0n) is 16.2. The first kappa shape index (κ1) is 20.3. The van der Waals surface area contributed by atoms with E-state index in [1.54, 1.807) is 6.92 Å². The highest BCUT2D eigenvalue weighted by molar-refractivity contribution is 6.26. The molecule has 0 spiro atoms. The highest BCUT2D eigenvalue weighted by atomic mass is 16.2. The smallest absolute Gasteiger partial charge is 0.263 e. The molecule has 4 heteroatoms. The first-order valence-corrected chi connectivity index (χ1v) is 10.1. The van der Waals surface area contributed by atoms with Crippen molar-refractivity contribution in [2.75, 3.05) is 5.01 Å². The van der Waals surface area contributed by atoms with Crippen molar-refractivity contribution in [3.63, 3.8) is 0 Å². The van der Waals surface area contributed by atoms with E-state index >= 15 is 0 Å². The van der Waals surface area contributed by atoms with Crippen molar-refractivity contribution in [2.45, 2.75) is 78.1 Å². The van der Waals surface area contributed by atoms with E-state index in [1.807, 2.05) is 30.3 Å². The molecule has 0 radical (unpaired) electrons. The Hall–Kier alpha value is -1.97. The van der Waals surface area contributed by atoms with E-state index < -0.39 is 5.92 Å². The number of anilines is 1. The van der Waals surface area contributed by atoms with E-state index in [-0.39, 0.29) is 11.7 Å². The standard InChI is InChI=1S/C22H32N2O2/c1-3-4-5-6-7-8-9-10-14-17-20(25)21-18(2)23-24(22(21)26)19-15-12-11-13-16-19/h11-13,15-16,21H,3-10,14,17H2,1-2H3. The van der Waals surface area contributed by atoms with E-state index in [1.165, 1.54) is 50.0 Å². The van der Waals surface area contributed by atoms with Gasteiger partial charge in [0, 0.05) is 6.42 Å². The predicted octanol–water partition coefficient (Wildman–Crippen LogP) is 5.52. The lowest BCUT2D eigenvalue weighted by Crippen LogP contribution is -2.32. The van der Waals surface area contributed by atoms with Gasteiger partial charge in [-0.3, -0.25) is 9.59 Å². The molecule has 0 N–H and O–H groups in total. The normalized spacial score (nSPS) is 16.8. The van der Waals surface area contributed by atoms with Gasteiger partial charge in [-0.05, 0) is 25.5 Å². The predicted molar refractivity (Wildman–Crippen MR) is 107 cm³/mol. The van der Waals surface area contributed by atoms with Crippen molar-refractivity contribution in [1.29, 1.82) is 0 Å². The molecule has 1 atom stereocenters. The summed E-state index contributed by atoms with van der Waals surface area (Å²) in [7, 11) is 0. The van der Waals surface area contributed by atoms with Gasteiger partial charge >= 0.3 is 0 Å². The monoisotopic (exact) mass is 356 g/mol. The molecule has 2 rings (SSSR count). The highest BCUT2D eigenvalue weighted by Crippen LogP contribution is 2.25. The maximum absolute atomic E-state index is 12.6. The number of amides is 1. The number of para-hydroxylation sites is 1. The Morgan fingerprint density at radius 1 is 0.962 bits per heavy atom. The lowest BCUT2D eigenvalue weighted by atomic mass is 9.94. The molecule has 4 nitrogen and oxygen atoms in total. The summed E-state index contributed by atoms with van der Waals surface area (Å²) >= 11 is 0. The largest absolute Gasteiger partial charge is 0.298 e. The Morgan fingerprint density at radius 2 is 1.54 bits per heavy atom. The summed E-state index contributed by atoms with van der Waals surface area (Å²) in [5.74, 6) is -0.892. The molecule has 0 aliphatic carbocycles. The number of carbonyl (C=O) groups is 2.